The highest BCUT2D eigenvalue weighted by Gasteiger charge is 2.30. The smallest absolute Gasteiger partial charge is 0.267 e. The van der Waals surface area contributed by atoms with Crippen molar-refractivity contribution in [1.29, 1.82) is 0 Å². The number of hydrogen-bond donors (Lipinski definition) is 0. The number of amides is 1. The number of thioether (sulfide) groups is 1. The average molecular weight is 464 g/mol. The van der Waals surface area contributed by atoms with Crippen LogP contribution in [-0.4, -0.2) is 57.7 Å². The number of rotatable bonds is 3. The third-order valence-corrected chi connectivity index (χ3v) is 7.20. The second-order valence-corrected chi connectivity index (χ2v) is 9.31. The third kappa shape index (κ3) is 3.67. The Morgan fingerprint density at radius 1 is 0.969 bits per heavy atom. The summed E-state index contributed by atoms with van der Waals surface area (Å²) in [7, 11) is 1.65. The Balaban J connectivity index is 1.54. The maximum Gasteiger partial charge on any atom is 0.267 e. The van der Waals surface area contributed by atoms with Gasteiger partial charge in [0.25, 0.3) is 11.5 Å². The zero-order chi connectivity index (χ0) is 22.2. The molecule has 0 bridgehead atoms. The van der Waals surface area contributed by atoms with E-state index in [9.17, 15) is 9.59 Å². The van der Waals surface area contributed by atoms with Gasteiger partial charge < -0.3 is 9.80 Å². The van der Waals surface area contributed by atoms with Gasteiger partial charge in [-0.1, -0.05) is 48.2 Å². The second-order valence-electron chi connectivity index (χ2n) is 7.63. The van der Waals surface area contributed by atoms with Crippen molar-refractivity contribution in [3.8, 4) is 0 Å². The molecule has 1 aromatic carbocycles. The number of anilines is 2. The van der Waals surface area contributed by atoms with Crippen LogP contribution in [0.1, 0.15) is 5.56 Å². The molecule has 9 heteroatoms. The summed E-state index contributed by atoms with van der Waals surface area (Å²) < 4.78 is 2.00. The number of carbonyl (C=O) groups is 1. The van der Waals surface area contributed by atoms with E-state index in [1.807, 2.05) is 30.3 Å². The van der Waals surface area contributed by atoms with Gasteiger partial charge in [0.15, 0.2) is 0 Å². The molecule has 2 aliphatic rings. The van der Waals surface area contributed by atoms with Gasteiger partial charge in [-0.2, -0.15) is 0 Å². The number of nitrogens with zero attached hydrogens (tertiary/aromatic N) is 5. The lowest BCUT2D eigenvalue weighted by Gasteiger charge is -2.37. The van der Waals surface area contributed by atoms with Gasteiger partial charge in [0, 0.05) is 45.1 Å². The molecule has 0 aliphatic carbocycles. The van der Waals surface area contributed by atoms with E-state index in [-0.39, 0.29) is 11.5 Å². The lowest BCUT2D eigenvalue weighted by molar-refractivity contribution is -0.121. The van der Waals surface area contributed by atoms with E-state index < -0.39 is 0 Å². The van der Waals surface area contributed by atoms with Crippen molar-refractivity contribution < 1.29 is 4.79 Å². The van der Waals surface area contributed by atoms with Crippen LogP contribution in [0, 0.1) is 0 Å². The Morgan fingerprint density at radius 2 is 1.66 bits per heavy atom. The van der Waals surface area contributed by atoms with Crippen LogP contribution in [0.5, 0.6) is 0 Å². The Bertz CT molecular complexity index is 1300. The second kappa shape index (κ2) is 8.40. The molecule has 4 heterocycles. The maximum absolute atomic E-state index is 13.4. The molecule has 2 aliphatic heterocycles. The molecule has 0 spiro atoms. The van der Waals surface area contributed by atoms with Gasteiger partial charge in [0.2, 0.25) is 0 Å². The van der Waals surface area contributed by atoms with E-state index in [0.717, 1.165) is 26.2 Å². The van der Waals surface area contributed by atoms with Gasteiger partial charge in [-0.15, -0.1) is 0 Å². The lowest BCUT2D eigenvalue weighted by atomic mass is 10.2. The first-order valence-electron chi connectivity index (χ1n) is 10.3. The molecular weight excluding hydrogens is 442 g/mol. The van der Waals surface area contributed by atoms with Gasteiger partial charge in [-0.05, 0) is 30.3 Å². The summed E-state index contributed by atoms with van der Waals surface area (Å²) in [5, 5.41) is 0. The standard InChI is InChI=1S/C23H21N5O2S2/c1-25-22(30)18(32-23(25)31)15-17-20(24-19-9-5-6-10-28(19)21(17)29)27-13-11-26(12-14-27)16-7-3-2-4-8-16/h2-10,15H,11-14H2,1H3/b18-15+. The Labute approximate surface area is 195 Å². The summed E-state index contributed by atoms with van der Waals surface area (Å²) in [6, 6.07) is 15.8. The first-order chi connectivity index (χ1) is 15.5. The minimum atomic E-state index is -0.197. The van der Waals surface area contributed by atoms with Crippen LogP contribution in [0.4, 0.5) is 11.5 Å². The zero-order valence-corrected chi connectivity index (χ0v) is 19.1. The van der Waals surface area contributed by atoms with Gasteiger partial charge >= 0.3 is 0 Å². The van der Waals surface area contributed by atoms with Crippen molar-refractivity contribution in [3.05, 3.63) is 75.6 Å². The molecule has 2 saturated heterocycles. The molecule has 2 aromatic heterocycles. The number of hydrogen-bond acceptors (Lipinski definition) is 7. The fraction of sp³-hybridized carbons (Fsp3) is 0.217. The quantitative estimate of drug-likeness (QED) is 0.437. The minimum Gasteiger partial charge on any atom is -0.368 e. The van der Waals surface area contributed by atoms with Gasteiger partial charge in [-0.3, -0.25) is 18.9 Å². The van der Waals surface area contributed by atoms with Gasteiger partial charge in [0.1, 0.15) is 15.8 Å². The molecule has 0 radical (unpaired) electrons. The van der Waals surface area contributed by atoms with Crippen LogP contribution in [-0.2, 0) is 4.79 Å². The van der Waals surface area contributed by atoms with Crippen LogP contribution in [0.15, 0.2) is 64.4 Å². The van der Waals surface area contributed by atoms with Crippen LogP contribution in [0.25, 0.3) is 11.7 Å². The Morgan fingerprint density at radius 3 is 2.34 bits per heavy atom. The van der Waals surface area contributed by atoms with Crippen LogP contribution in [0.3, 0.4) is 0 Å². The molecular formula is C23H21N5O2S2. The number of thiocarbonyl (C=S) groups is 1. The number of piperazine rings is 1. The topological polar surface area (TPSA) is 61.2 Å². The minimum absolute atomic E-state index is 0.197. The number of pyridine rings is 1. The number of likely N-dealkylation sites (N-methyl/N-ethyl adjacent to an activating group) is 1. The van der Waals surface area contributed by atoms with Crippen molar-refractivity contribution >= 4 is 57.4 Å². The molecule has 1 amide bonds. The Hall–Kier alpha value is -3.17. The summed E-state index contributed by atoms with van der Waals surface area (Å²) in [5.74, 6) is 0.410. The molecule has 0 atom stereocenters. The maximum atomic E-state index is 13.4. The zero-order valence-electron chi connectivity index (χ0n) is 17.5. The van der Waals surface area contributed by atoms with Gasteiger partial charge in [-0.25, -0.2) is 4.98 Å². The predicted octanol–water partition coefficient (Wildman–Crippen LogP) is 2.85. The summed E-state index contributed by atoms with van der Waals surface area (Å²) in [6.45, 7) is 3.08. The average Bonchev–Trinajstić information content (AvgIpc) is 3.08. The van der Waals surface area contributed by atoms with Crippen molar-refractivity contribution in [2.75, 3.05) is 43.0 Å². The number of para-hydroxylation sites is 1. The fourth-order valence-corrected chi connectivity index (χ4v) is 5.11. The summed E-state index contributed by atoms with van der Waals surface area (Å²) in [4.78, 5) is 37.1. The molecule has 0 saturated carbocycles. The molecule has 3 aromatic rings. The van der Waals surface area contributed by atoms with E-state index in [0.29, 0.717) is 26.3 Å². The number of benzene rings is 1. The first kappa shape index (κ1) is 20.7. The number of aromatic nitrogens is 2. The molecule has 2 fully saturated rings. The monoisotopic (exact) mass is 463 g/mol. The van der Waals surface area contributed by atoms with Crippen LogP contribution in [0.2, 0.25) is 0 Å². The number of fused-ring (bicyclic) bond motifs is 1. The Kier molecular flexibility index (Phi) is 5.44. The highest BCUT2D eigenvalue weighted by molar-refractivity contribution is 8.26. The van der Waals surface area contributed by atoms with Crippen LogP contribution < -0.4 is 15.4 Å². The lowest BCUT2D eigenvalue weighted by Crippen LogP contribution is -2.47. The fourth-order valence-electron chi connectivity index (χ4n) is 3.95. The van der Waals surface area contributed by atoms with Crippen LogP contribution >= 0.6 is 24.0 Å². The molecule has 0 N–H and O–H groups in total. The van der Waals surface area contributed by atoms with E-state index in [4.69, 9.17) is 17.2 Å². The van der Waals surface area contributed by atoms with E-state index >= 15 is 0 Å². The van der Waals surface area contributed by atoms with E-state index in [1.54, 1.807) is 25.4 Å². The number of carbonyl (C=O) groups excluding carboxylic acids is 1. The molecule has 5 rings (SSSR count). The van der Waals surface area contributed by atoms with Crippen molar-refractivity contribution in [2.45, 2.75) is 0 Å². The van der Waals surface area contributed by atoms with Crippen molar-refractivity contribution in [1.82, 2.24) is 14.3 Å². The first-order valence-corrected chi connectivity index (χ1v) is 11.5. The van der Waals surface area contributed by atoms with Crippen molar-refractivity contribution in [2.24, 2.45) is 0 Å². The normalized spacial score (nSPS) is 18.3. The SMILES string of the molecule is CN1C(=O)/C(=C\c2c(N3CCN(c4ccccc4)CC3)nc3ccccn3c2=O)SC1=S. The molecule has 32 heavy (non-hydrogen) atoms. The van der Waals surface area contributed by atoms with Crippen molar-refractivity contribution in [3.63, 3.8) is 0 Å². The third-order valence-electron chi connectivity index (χ3n) is 5.71. The molecule has 0 unspecified atom stereocenters. The highest BCUT2D eigenvalue weighted by atomic mass is 32.2. The summed E-state index contributed by atoms with van der Waals surface area (Å²) >= 11 is 6.46. The highest BCUT2D eigenvalue weighted by Crippen LogP contribution is 2.32. The van der Waals surface area contributed by atoms with E-state index in [2.05, 4.69) is 21.9 Å². The van der Waals surface area contributed by atoms with E-state index in [1.165, 1.54) is 26.7 Å². The largest absolute Gasteiger partial charge is 0.368 e. The molecule has 7 nitrogen and oxygen atoms in total. The molecule has 162 valence electrons. The predicted molar refractivity (Wildman–Crippen MR) is 133 cm³/mol. The summed E-state index contributed by atoms with van der Waals surface area (Å²) in [5.41, 5.74) is 1.98. The van der Waals surface area contributed by atoms with Gasteiger partial charge in [0.05, 0.1) is 10.5 Å². The summed E-state index contributed by atoms with van der Waals surface area (Å²) in [6.07, 6.45) is 3.35.